The van der Waals surface area contributed by atoms with Gasteiger partial charge in [0.05, 0.1) is 10.9 Å². The highest BCUT2D eigenvalue weighted by Crippen LogP contribution is 2.27. The summed E-state index contributed by atoms with van der Waals surface area (Å²) in [6.45, 7) is 2.30. The van der Waals surface area contributed by atoms with Crippen LogP contribution < -0.4 is 5.32 Å². The van der Waals surface area contributed by atoms with Crippen LogP contribution in [0.15, 0.2) is 46.7 Å². The van der Waals surface area contributed by atoms with E-state index in [0.29, 0.717) is 4.34 Å². The molecule has 6 nitrogen and oxygen atoms in total. The fraction of sp³-hybridized carbons (Fsp3) is 0.389. The molecule has 146 valence electrons. The van der Waals surface area contributed by atoms with E-state index in [9.17, 15) is 13.2 Å². The highest BCUT2D eigenvalue weighted by atomic mass is 35.5. The Morgan fingerprint density at radius 3 is 2.70 bits per heavy atom. The van der Waals surface area contributed by atoms with Gasteiger partial charge in [-0.15, -0.1) is 11.3 Å². The Balaban J connectivity index is 1.49. The molecule has 1 N–H and O–H groups in total. The molecule has 0 bridgehead atoms. The van der Waals surface area contributed by atoms with Gasteiger partial charge in [-0.25, -0.2) is 8.42 Å². The number of nitrogens with zero attached hydrogens (tertiary/aromatic N) is 2. The number of nitrogens with one attached hydrogen (secondary N) is 1. The zero-order chi connectivity index (χ0) is 19.4. The summed E-state index contributed by atoms with van der Waals surface area (Å²) in [7, 11) is -2.30. The van der Waals surface area contributed by atoms with Gasteiger partial charge in [0.1, 0.15) is 4.21 Å². The molecule has 1 fully saturated rings. The summed E-state index contributed by atoms with van der Waals surface area (Å²) in [5.74, 6) is -0.296. The summed E-state index contributed by atoms with van der Waals surface area (Å²) in [6.07, 6.45) is 0.857. The lowest BCUT2D eigenvalue weighted by atomic mass is 10.2. The van der Waals surface area contributed by atoms with Gasteiger partial charge in [0.25, 0.3) is 10.0 Å². The van der Waals surface area contributed by atoms with E-state index in [1.807, 2.05) is 18.2 Å². The molecule has 9 heteroatoms. The van der Waals surface area contributed by atoms with Gasteiger partial charge in [0, 0.05) is 32.7 Å². The molecule has 0 spiro atoms. The van der Waals surface area contributed by atoms with E-state index in [2.05, 4.69) is 22.3 Å². The maximum absolute atomic E-state index is 12.5. The highest BCUT2D eigenvalue weighted by molar-refractivity contribution is 7.91. The Bertz CT molecular complexity index is 886. The van der Waals surface area contributed by atoms with Gasteiger partial charge in [-0.05, 0) is 24.1 Å². The van der Waals surface area contributed by atoms with Gasteiger partial charge in [-0.2, -0.15) is 4.31 Å². The molecule has 1 aliphatic heterocycles. The van der Waals surface area contributed by atoms with Crippen molar-refractivity contribution in [1.82, 2.24) is 14.5 Å². The van der Waals surface area contributed by atoms with Crippen molar-refractivity contribution in [2.24, 2.45) is 0 Å². The summed E-state index contributed by atoms with van der Waals surface area (Å²) in [5, 5.41) is 2.94. The number of likely N-dealkylation sites (N-methyl/N-ethyl adjacent to an activating group) is 1. The molecule has 2 aromatic rings. The highest BCUT2D eigenvalue weighted by Gasteiger charge is 2.27. The van der Waals surface area contributed by atoms with Crippen LogP contribution in [-0.2, 0) is 21.4 Å². The second-order valence-corrected chi connectivity index (χ2v) is 10.6. The zero-order valence-electron chi connectivity index (χ0n) is 15.0. The van der Waals surface area contributed by atoms with E-state index >= 15 is 0 Å². The van der Waals surface area contributed by atoms with E-state index in [4.69, 9.17) is 11.6 Å². The first-order valence-corrected chi connectivity index (χ1v) is 11.3. The summed E-state index contributed by atoms with van der Waals surface area (Å²) >= 11 is 6.80. The van der Waals surface area contributed by atoms with Crippen molar-refractivity contribution in [3.8, 4) is 0 Å². The molecule has 1 amide bonds. The number of rotatable bonds is 7. The first-order valence-electron chi connectivity index (χ1n) is 8.62. The third kappa shape index (κ3) is 5.30. The van der Waals surface area contributed by atoms with E-state index in [0.717, 1.165) is 41.7 Å². The number of benzene rings is 1. The van der Waals surface area contributed by atoms with Crippen molar-refractivity contribution in [3.05, 3.63) is 52.4 Å². The molecule has 0 radical (unpaired) electrons. The maximum atomic E-state index is 12.5. The maximum Gasteiger partial charge on any atom is 0.252 e. The largest absolute Gasteiger partial charge is 0.351 e. The first-order chi connectivity index (χ1) is 12.8. The molecule has 1 aromatic heterocycles. The van der Waals surface area contributed by atoms with Crippen molar-refractivity contribution in [1.29, 1.82) is 0 Å². The monoisotopic (exact) mass is 427 g/mol. The Kier molecular flexibility index (Phi) is 6.54. The Labute approximate surface area is 168 Å². The number of likely N-dealkylation sites (tertiary alicyclic amines) is 1. The second kappa shape index (κ2) is 8.70. The van der Waals surface area contributed by atoms with Crippen LogP contribution in [0.1, 0.15) is 12.0 Å². The Hall–Kier alpha value is -1.45. The van der Waals surface area contributed by atoms with Crippen LogP contribution in [0.25, 0.3) is 0 Å². The van der Waals surface area contributed by atoms with E-state index in [1.54, 1.807) is 0 Å². The zero-order valence-corrected chi connectivity index (χ0v) is 17.4. The average molecular weight is 428 g/mol. The first kappa shape index (κ1) is 20.3. The van der Waals surface area contributed by atoms with E-state index < -0.39 is 10.0 Å². The van der Waals surface area contributed by atoms with Gasteiger partial charge in [-0.3, -0.25) is 9.69 Å². The molecule has 1 saturated heterocycles. The molecule has 0 saturated carbocycles. The van der Waals surface area contributed by atoms with Crippen LogP contribution in [0.3, 0.4) is 0 Å². The number of thiophene rings is 1. The molecule has 27 heavy (non-hydrogen) atoms. The number of amides is 1. The van der Waals surface area contributed by atoms with E-state index in [-0.39, 0.29) is 22.7 Å². The van der Waals surface area contributed by atoms with Crippen LogP contribution in [0.5, 0.6) is 0 Å². The van der Waals surface area contributed by atoms with Crippen LogP contribution in [-0.4, -0.2) is 56.3 Å². The third-order valence-electron chi connectivity index (χ3n) is 4.47. The molecular weight excluding hydrogens is 406 g/mol. The molecule has 1 aromatic carbocycles. The number of carbonyl (C=O) groups excluding carboxylic acids is 1. The van der Waals surface area contributed by atoms with Crippen molar-refractivity contribution in [2.75, 3.05) is 26.7 Å². The van der Waals surface area contributed by atoms with Crippen LogP contribution >= 0.6 is 22.9 Å². The standard InChI is InChI=1S/C18H22ClN3O3S2/c1-21(27(24,25)18-8-7-16(19)26-18)13-17(23)20-15-9-10-22(12-15)11-14-5-3-2-4-6-14/h2-8,15H,9-13H2,1H3,(H,20,23). The quantitative estimate of drug-likeness (QED) is 0.736. The minimum absolute atomic E-state index is 0.0356. The van der Waals surface area contributed by atoms with Gasteiger partial charge in [0.15, 0.2) is 0 Å². The third-order valence-corrected chi connectivity index (χ3v) is 7.97. The van der Waals surface area contributed by atoms with Crippen molar-refractivity contribution >= 4 is 38.9 Å². The predicted octanol–water partition coefficient (Wildman–Crippen LogP) is 2.41. The van der Waals surface area contributed by atoms with Crippen LogP contribution in [0.2, 0.25) is 4.34 Å². The van der Waals surface area contributed by atoms with Crippen molar-refractivity contribution < 1.29 is 13.2 Å². The normalized spacial score (nSPS) is 18.1. The van der Waals surface area contributed by atoms with Gasteiger partial charge in [0.2, 0.25) is 5.91 Å². The van der Waals surface area contributed by atoms with Gasteiger partial charge >= 0.3 is 0 Å². The minimum atomic E-state index is -3.70. The lowest BCUT2D eigenvalue weighted by molar-refractivity contribution is -0.121. The molecule has 0 aliphatic carbocycles. The van der Waals surface area contributed by atoms with Gasteiger partial charge < -0.3 is 5.32 Å². The molecule has 2 heterocycles. The molecule has 1 atom stereocenters. The predicted molar refractivity (Wildman–Crippen MR) is 107 cm³/mol. The van der Waals surface area contributed by atoms with Crippen LogP contribution in [0, 0.1) is 0 Å². The second-order valence-electron chi connectivity index (χ2n) is 6.59. The molecule has 3 rings (SSSR count). The van der Waals surface area contributed by atoms with E-state index in [1.165, 1.54) is 24.7 Å². The fourth-order valence-corrected chi connectivity index (χ4v) is 5.91. The smallest absolute Gasteiger partial charge is 0.252 e. The number of halogens is 1. The summed E-state index contributed by atoms with van der Waals surface area (Å²) < 4.78 is 26.5. The lowest BCUT2D eigenvalue weighted by Crippen LogP contribution is -2.43. The Morgan fingerprint density at radius 2 is 2.04 bits per heavy atom. The fourth-order valence-electron chi connectivity index (χ4n) is 3.09. The van der Waals surface area contributed by atoms with Gasteiger partial charge in [-0.1, -0.05) is 41.9 Å². The average Bonchev–Trinajstić information content (AvgIpc) is 3.25. The van der Waals surface area contributed by atoms with Crippen molar-refractivity contribution in [2.45, 2.75) is 23.2 Å². The van der Waals surface area contributed by atoms with Crippen LogP contribution in [0.4, 0.5) is 0 Å². The summed E-state index contributed by atoms with van der Waals surface area (Å²) in [5.41, 5.74) is 1.24. The number of hydrogen-bond donors (Lipinski definition) is 1. The SMILES string of the molecule is CN(CC(=O)NC1CCN(Cc2ccccc2)C1)S(=O)(=O)c1ccc(Cl)s1. The number of carbonyl (C=O) groups is 1. The van der Waals surface area contributed by atoms with Crippen molar-refractivity contribution in [3.63, 3.8) is 0 Å². The number of hydrogen-bond acceptors (Lipinski definition) is 5. The molecule has 1 unspecified atom stereocenters. The molecular formula is C18H22ClN3O3S2. The topological polar surface area (TPSA) is 69.7 Å². The summed E-state index contributed by atoms with van der Waals surface area (Å²) in [4.78, 5) is 14.6. The Morgan fingerprint density at radius 1 is 1.30 bits per heavy atom. The molecule has 1 aliphatic rings. The summed E-state index contributed by atoms with van der Waals surface area (Å²) in [6, 6.07) is 13.2. The minimum Gasteiger partial charge on any atom is -0.351 e. The number of sulfonamides is 1. The lowest BCUT2D eigenvalue weighted by Gasteiger charge is -2.19.